The molecule has 0 bridgehead atoms. The molecule has 6 nitrogen and oxygen atoms in total. The minimum Gasteiger partial charge on any atom is -0.356 e. The van der Waals surface area contributed by atoms with Crippen molar-refractivity contribution in [1.29, 1.82) is 0 Å². The van der Waals surface area contributed by atoms with E-state index in [2.05, 4.69) is 40.3 Å². The maximum atomic E-state index is 12.7. The van der Waals surface area contributed by atoms with Crippen molar-refractivity contribution in [3.8, 4) is 0 Å². The zero-order valence-corrected chi connectivity index (χ0v) is 17.0. The number of nitrogens with one attached hydrogen (secondary N) is 1. The third-order valence-corrected chi connectivity index (χ3v) is 6.06. The van der Waals surface area contributed by atoms with Crippen molar-refractivity contribution >= 4 is 17.7 Å². The Morgan fingerprint density at radius 2 is 1.89 bits per heavy atom. The number of anilines is 2. The number of carbonyl (C=O) groups is 1. The van der Waals surface area contributed by atoms with Gasteiger partial charge in [-0.1, -0.05) is 37.3 Å². The van der Waals surface area contributed by atoms with Crippen molar-refractivity contribution in [2.24, 2.45) is 0 Å². The van der Waals surface area contributed by atoms with Gasteiger partial charge in [0.1, 0.15) is 5.82 Å². The van der Waals surface area contributed by atoms with Gasteiger partial charge in [-0.2, -0.15) is 4.98 Å². The summed E-state index contributed by atoms with van der Waals surface area (Å²) in [5, 5.41) is 3.34. The highest BCUT2D eigenvalue weighted by Crippen LogP contribution is 2.39. The van der Waals surface area contributed by atoms with E-state index in [1.165, 1.54) is 0 Å². The lowest BCUT2D eigenvalue weighted by atomic mass is 9.82. The van der Waals surface area contributed by atoms with Crippen molar-refractivity contribution < 1.29 is 4.79 Å². The highest BCUT2D eigenvalue weighted by molar-refractivity contribution is 5.87. The second-order valence-corrected chi connectivity index (χ2v) is 8.19. The second kappa shape index (κ2) is 7.41. The molecule has 0 saturated carbocycles. The van der Waals surface area contributed by atoms with E-state index < -0.39 is 0 Å². The Kier molecular flexibility index (Phi) is 4.96. The Morgan fingerprint density at radius 1 is 1.18 bits per heavy atom. The highest BCUT2D eigenvalue weighted by atomic mass is 16.2. The summed E-state index contributed by atoms with van der Waals surface area (Å²) in [6.07, 6.45) is 3.68. The molecule has 148 valence electrons. The largest absolute Gasteiger partial charge is 0.356 e. The van der Waals surface area contributed by atoms with Crippen LogP contribution in [0.3, 0.4) is 0 Å². The SMILES string of the molecule is CCc1cc(N2CCC3(CC2)C[C@H](c2ccccc2)C(=O)N3)nc(N(C)C)n1. The first-order valence-corrected chi connectivity index (χ1v) is 10.2. The van der Waals surface area contributed by atoms with Crippen LogP contribution in [0.5, 0.6) is 0 Å². The predicted octanol–water partition coefficient (Wildman–Crippen LogP) is 2.75. The fourth-order valence-corrected chi connectivity index (χ4v) is 4.34. The van der Waals surface area contributed by atoms with Gasteiger partial charge in [-0.3, -0.25) is 4.79 Å². The Balaban J connectivity index is 1.48. The first kappa shape index (κ1) is 18.7. The van der Waals surface area contributed by atoms with Crippen LogP contribution in [0, 0.1) is 0 Å². The fraction of sp³-hybridized carbons (Fsp3) is 0.500. The fourth-order valence-electron chi connectivity index (χ4n) is 4.34. The summed E-state index contributed by atoms with van der Waals surface area (Å²) in [5.74, 6) is 1.89. The average Bonchev–Trinajstić information content (AvgIpc) is 3.04. The molecule has 3 heterocycles. The molecular formula is C22H29N5O. The van der Waals surface area contributed by atoms with Crippen molar-refractivity contribution in [2.75, 3.05) is 37.0 Å². The molecule has 1 atom stereocenters. The molecule has 2 aromatic rings. The predicted molar refractivity (Wildman–Crippen MR) is 112 cm³/mol. The van der Waals surface area contributed by atoms with E-state index in [1.54, 1.807) is 0 Å². The summed E-state index contributed by atoms with van der Waals surface area (Å²) in [4.78, 5) is 26.3. The molecule has 0 radical (unpaired) electrons. The lowest BCUT2D eigenvalue weighted by molar-refractivity contribution is -0.121. The van der Waals surface area contributed by atoms with Crippen LogP contribution in [-0.2, 0) is 11.2 Å². The molecular weight excluding hydrogens is 350 g/mol. The smallest absolute Gasteiger partial charge is 0.228 e. The number of benzene rings is 1. The number of amides is 1. The molecule has 4 rings (SSSR count). The number of nitrogens with zero attached hydrogens (tertiary/aromatic N) is 4. The van der Waals surface area contributed by atoms with E-state index in [0.717, 1.165) is 61.8 Å². The van der Waals surface area contributed by atoms with Gasteiger partial charge in [0.2, 0.25) is 11.9 Å². The lowest BCUT2D eigenvalue weighted by Crippen LogP contribution is -2.51. The summed E-state index contributed by atoms with van der Waals surface area (Å²) in [5.41, 5.74) is 2.10. The summed E-state index contributed by atoms with van der Waals surface area (Å²) >= 11 is 0. The molecule has 1 aromatic carbocycles. The van der Waals surface area contributed by atoms with Crippen LogP contribution in [0.15, 0.2) is 36.4 Å². The zero-order chi connectivity index (χ0) is 19.7. The van der Waals surface area contributed by atoms with Gasteiger partial charge in [-0.15, -0.1) is 0 Å². The summed E-state index contributed by atoms with van der Waals surface area (Å²) in [6.45, 7) is 3.91. The Morgan fingerprint density at radius 3 is 2.54 bits per heavy atom. The molecule has 28 heavy (non-hydrogen) atoms. The van der Waals surface area contributed by atoms with E-state index in [9.17, 15) is 4.79 Å². The molecule has 0 unspecified atom stereocenters. The van der Waals surface area contributed by atoms with Gasteiger partial charge in [0, 0.05) is 44.5 Å². The van der Waals surface area contributed by atoms with Gasteiger partial charge in [-0.05, 0) is 31.2 Å². The van der Waals surface area contributed by atoms with Crippen LogP contribution in [0.1, 0.15) is 43.4 Å². The van der Waals surface area contributed by atoms with Gasteiger partial charge in [0.25, 0.3) is 0 Å². The Bertz CT molecular complexity index is 843. The number of hydrogen-bond acceptors (Lipinski definition) is 5. The first-order chi connectivity index (χ1) is 13.5. The normalized spacial score (nSPS) is 21.0. The van der Waals surface area contributed by atoms with Crippen molar-refractivity contribution in [3.05, 3.63) is 47.7 Å². The van der Waals surface area contributed by atoms with E-state index in [1.807, 2.05) is 37.2 Å². The highest BCUT2D eigenvalue weighted by Gasteiger charge is 2.46. The van der Waals surface area contributed by atoms with Crippen molar-refractivity contribution in [1.82, 2.24) is 15.3 Å². The Hall–Kier alpha value is -2.63. The molecule has 1 aromatic heterocycles. The van der Waals surface area contributed by atoms with Gasteiger partial charge in [0.05, 0.1) is 5.92 Å². The van der Waals surface area contributed by atoms with E-state index in [4.69, 9.17) is 4.98 Å². The molecule has 2 saturated heterocycles. The number of carbonyl (C=O) groups excluding carboxylic acids is 1. The zero-order valence-electron chi connectivity index (χ0n) is 17.0. The monoisotopic (exact) mass is 379 g/mol. The molecule has 1 spiro atoms. The maximum absolute atomic E-state index is 12.7. The number of rotatable bonds is 4. The van der Waals surface area contributed by atoms with E-state index in [-0.39, 0.29) is 17.4 Å². The van der Waals surface area contributed by atoms with Crippen LogP contribution in [0.25, 0.3) is 0 Å². The summed E-state index contributed by atoms with van der Waals surface area (Å²) in [7, 11) is 3.95. The summed E-state index contributed by atoms with van der Waals surface area (Å²) < 4.78 is 0. The summed E-state index contributed by atoms with van der Waals surface area (Å²) in [6, 6.07) is 12.3. The molecule has 6 heteroatoms. The minimum atomic E-state index is -0.0842. The van der Waals surface area contributed by atoms with Crippen molar-refractivity contribution in [2.45, 2.75) is 44.1 Å². The van der Waals surface area contributed by atoms with Gasteiger partial charge < -0.3 is 15.1 Å². The quantitative estimate of drug-likeness (QED) is 0.885. The lowest BCUT2D eigenvalue weighted by Gasteiger charge is -2.40. The third kappa shape index (κ3) is 3.55. The van der Waals surface area contributed by atoms with Gasteiger partial charge in [-0.25, -0.2) is 4.98 Å². The number of piperidine rings is 1. The van der Waals surface area contributed by atoms with E-state index in [0.29, 0.717) is 0 Å². The van der Waals surface area contributed by atoms with E-state index >= 15 is 0 Å². The van der Waals surface area contributed by atoms with Crippen LogP contribution in [0.2, 0.25) is 0 Å². The van der Waals surface area contributed by atoms with Crippen LogP contribution in [-0.4, -0.2) is 48.6 Å². The standard InChI is InChI=1S/C22H29N5O/c1-4-17-14-19(24-21(23-17)26(2)3)27-12-10-22(11-13-27)15-18(20(28)25-22)16-8-6-5-7-9-16/h5-9,14,18H,4,10-13,15H2,1-3H3,(H,25,28)/t18-/m1/s1. The maximum Gasteiger partial charge on any atom is 0.228 e. The molecule has 0 aliphatic carbocycles. The molecule has 2 aliphatic rings. The van der Waals surface area contributed by atoms with Crippen LogP contribution in [0.4, 0.5) is 11.8 Å². The number of aromatic nitrogens is 2. The van der Waals surface area contributed by atoms with Gasteiger partial charge in [0.15, 0.2) is 0 Å². The first-order valence-electron chi connectivity index (χ1n) is 10.2. The molecule has 1 amide bonds. The van der Waals surface area contributed by atoms with Crippen LogP contribution >= 0.6 is 0 Å². The average molecular weight is 380 g/mol. The molecule has 2 aliphatic heterocycles. The molecule has 1 N–H and O–H groups in total. The minimum absolute atomic E-state index is 0.0289. The third-order valence-electron chi connectivity index (χ3n) is 6.06. The Labute approximate surface area is 167 Å². The van der Waals surface area contributed by atoms with Crippen LogP contribution < -0.4 is 15.1 Å². The number of aryl methyl sites for hydroxylation is 1. The van der Waals surface area contributed by atoms with Gasteiger partial charge >= 0.3 is 0 Å². The van der Waals surface area contributed by atoms with Crippen molar-refractivity contribution in [3.63, 3.8) is 0 Å². The second-order valence-electron chi connectivity index (χ2n) is 8.19. The topological polar surface area (TPSA) is 61.4 Å². The molecule has 2 fully saturated rings. The number of hydrogen-bond donors (Lipinski definition) is 1.